The van der Waals surface area contributed by atoms with Crippen molar-refractivity contribution in [3.05, 3.63) is 23.8 Å². The molecular formula is C16H24N2O3. The Morgan fingerprint density at radius 2 is 2.14 bits per heavy atom. The summed E-state index contributed by atoms with van der Waals surface area (Å²) in [5.41, 5.74) is 0.303. The molecule has 0 saturated carbocycles. The molecule has 0 aliphatic carbocycles. The maximum absolute atomic E-state index is 9.24. The van der Waals surface area contributed by atoms with E-state index in [-0.39, 0.29) is 6.61 Å². The minimum atomic E-state index is -0.478. The minimum absolute atomic E-state index is 0.0278. The second-order valence-corrected chi connectivity index (χ2v) is 4.89. The second kappa shape index (κ2) is 8.50. The van der Waals surface area contributed by atoms with Gasteiger partial charge in [0.15, 0.2) is 11.5 Å². The van der Waals surface area contributed by atoms with Crippen LogP contribution in [0.5, 0.6) is 11.5 Å². The molecule has 0 aliphatic rings. The molecule has 0 heterocycles. The molecule has 0 fully saturated rings. The molecule has 1 atom stereocenters. The van der Waals surface area contributed by atoms with Gasteiger partial charge in [-0.2, -0.15) is 5.26 Å². The zero-order valence-corrected chi connectivity index (χ0v) is 13.0. The molecule has 0 aromatic heterocycles. The van der Waals surface area contributed by atoms with Gasteiger partial charge >= 0.3 is 0 Å². The summed E-state index contributed by atoms with van der Waals surface area (Å²) in [6.07, 6.45) is 2.26. The maximum atomic E-state index is 9.24. The third-order valence-corrected chi connectivity index (χ3v) is 3.71. The van der Waals surface area contributed by atoms with Gasteiger partial charge in [-0.1, -0.05) is 13.0 Å². The van der Waals surface area contributed by atoms with Crippen LogP contribution in [0.15, 0.2) is 18.2 Å². The molecule has 0 amide bonds. The van der Waals surface area contributed by atoms with E-state index in [1.807, 2.05) is 14.0 Å². The normalized spacial score (nSPS) is 13.3. The Morgan fingerprint density at radius 1 is 1.38 bits per heavy atom. The quantitative estimate of drug-likeness (QED) is 0.683. The summed E-state index contributed by atoms with van der Waals surface area (Å²) < 4.78 is 11.0. The first-order chi connectivity index (χ1) is 10.1. The standard InChI is InChI=1S/C16H24N2O3/c1-4-16(12-17,18-2)8-5-9-21-14-7-6-13(11-19)10-15(14)20-3/h6-7,10,18-19H,4-5,8-9,11H2,1-3H3. The van der Waals surface area contributed by atoms with Crippen molar-refractivity contribution in [2.24, 2.45) is 0 Å². The van der Waals surface area contributed by atoms with Crippen LogP contribution in [0.2, 0.25) is 0 Å². The summed E-state index contributed by atoms with van der Waals surface area (Å²) in [4.78, 5) is 0. The van der Waals surface area contributed by atoms with Gasteiger partial charge in [0.25, 0.3) is 0 Å². The van der Waals surface area contributed by atoms with Gasteiger partial charge in [-0.05, 0) is 44.0 Å². The SMILES string of the molecule is CCC(C#N)(CCCOc1ccc(CO)cc1OC)NC. The number of nitrogens with one attached hydrogen (secondary N) is 1. The van der Waals surface area contributed by atoms with Crippen LogP contribution in [0, 0.1) is 11.3 Å². The molecule has 0 saturated heterocycles. The summed E-state index contributed by atoms with van der Waals surface area (Å²) in [6.45, 7) is 2.48. The maximum Gasteiger partial charge on any atom is 0.161 e. The molecule has 0 radical (unpaired) electrons. The fourth-order valence-electron chi connectivity index (χ4n) is 2.16. The lowest BCUT2D eigenvalue weighted by atomic mass is 9.92. The Morgan fingerprint density at radius 3 is 2.67 bits per heavy atom. The van der Waals surface area contributed by atoms with Crippen molar-refractivity contribution in [2.75, 3.05) is 20.8 Å². The Balaban J connectivity index is 2.55. The van der Waals surface area contributed by atoms with Crippen LogP contribution in [-0.2, 0) is 6.61 Å². The number of rotatable bonds is 9. The average molecular weight is 292 g/mol. The Hall–Kier alpha value is -1.77. The zero-order chi connectivity index (χ0) is 15.7. The van der Waals surface area contributed by atoms with E-state index in [0.717, 1.165) is 24.8 Å². The molecule has 0 spiro atoms. The van der Waals surface area contributed by atoms with Crippen LogP contribution >= 0.6 is 0 Å². The van der Waals surface area contributed by atoms with E-state index >= 15 is 0 Å². The van der Waals surface area contributed by atoms with Gasteiger partial charge in [0.1, 0.15) is 5.54 Å². The zero-order valence-electron chi connectivity index (χ0n) is 13.0. The first-order valence-electron chi connectivity index (χ1n) is 7.15. The van der Waals surface area contributed by atoms with Crippen molar-refractivity contribution in [1.29, 1.82) is 5.26 Å². The molecule has 1 aromatic rings. The van der Waals surface area contributed by atoms with Crippen LogP contribution in [0.3, 0.4) is 0 Å². The Bertz CT molecular complexity index is 479. The lowest BCUT2D eigenvalue weighted by molar-refractivity contribution is 0.265. The number of aliphatic hydroxyl groups is 1. The van der Waals surface area contributed by atoms with Gasteiger partial charge in [0, 0.05) is 0 Å². The fourth-order valence-corrected chi connectivity index (χ4v) is 2.16. The van der Waals surface area contributed by atoms with Crippen LogP contribution in [0.4, 0.5) is 0 Å². The van der Waals surface area contributed by atoms with E-state index in [4.69, 9.17) is 14.6 Å². The summed E-state index contributed by atoms with van der Waals surface area (Å²) in [7, 11) is 3.38. The third-order valence-electron chi connectivity index (χ3n) is 3.71. The predicted octanol–water partition coefficient (Wildman–Crippen LogP) is 2.24. The van der Waals surface area contributed by atoms with Crippen molar-refractivity contribution in [3.63, 3.8) is 0 Å². The summed E-state index contributed by atoms with van der Waals surface area (Å²) in [5.74, 6) is 1.26. The molecule has 116 valence electrons. The average Bonchev–Trinajstić information content (AvgIpc) is 2.55. The molecule has 21 heavy (non-hydrogen) atoms. The van der Waals surface area contributed by atoms with Crippen molar-refractivity contribution in [1.82, 2.24) is 5.32 Å². The van der Waals surface area contributed by atoms with E-state index in [0.29, 0.717) is 18.1 Å². The third kappa shape index (κ3) is 4.62. The highest BCUT2D eigenvalue weighted by molar-refractivity contribution is 5.42. The van der Waals surface area contributed by atoms with E-state index in [1.165, 1.54) is 0 Å². The number of methoxy groups -OCH3 is 1. The van der Waals surface area contributed by atoms with Crippen LogP contribution in [-0.4, -0.2) is 31.4 Å². The summed E-state index contributed by atoms with van der Waals surface area (Å²) in [5, 5.41) is 21.4. The Labute approximate surface area is 126 Å². The molecule has 5 nitrogen and oxygen atoms in total. The number of hydrogen-bond donors (Lipinski definition) is 2. The highest BCUT2D eigenvalue weighted by Crippen LogP contribution is 2.28. The lowest BCUT2D eigenvalue weighted by Crippen LogP contribution is -2.41. The van der Waals surface area contributed by atoms with E-state index in [9.17, 15) is 5.26 Å². The monoisotopic (exact) mass is 292 g/mol. The number of nitrogens with zero attached hydrogens (tertiary/aromatic N) is 1. The predicted molar refractivity (Wildman–Crippen MR) is 81.3 cm³/mol. The van der Waals surface area contributed by atoms with Crippen LogP contribution < -0.4 is 14.8 Å². The molecule has 0 bridgehead atoms. The van der Waals surface area contributed by atoms with E-state index in [1.54, 1.807) is 25.3 Å². The molecule has 5 heteroatoms. The molecule has 1 unspecified atom stereocenters. The van der Waals surface area contributed by atoms with Crippen LogP contribution in [0.25, 0.3) is 0 Å². The molecule has 1 rings (SSSR count). The lowest BCUT2D eigenvalue weighted by Gasteiger charge is -2.24. The first-order valence-corrected chi connectivity index (χ1v) is 7.15. The molecular weight excluding hydrogens is 268 g/mol. The largest absolute Gasteiger partial charge is 0.493 e. The van der Waals surface area contributed by atoms with Crippen molar-refractivity contribution in [3.8, 4) is 17.6 Å². The van der Waals surface area contributed by atoms with Gasteiger partial charge in [-0.3, -0.25) is 0 Å². The van der Waals surface area contributed by atoms with Crippen molar-refractivity contribution < 1.29 is 14.6 Å². The number of ether oxygens (including phenoxy) is 2. The van der Waals surface area contributed by atoms with E-state index in [2.05, 4.69) is 11.4 Å². The van der Waals surface area contributed by atoms with Gasteiger partial charge in [-0.15, -0.1) is 0 Å². The van der Waals surface area contributed by atoms with Crippen molar-refractivity contribution >= 4 is 0 Å². The minimum Gasteiger partial charge on any atom is -0.493 e. The highest BCUT2D eigenvalue weighted by atomic mass is 16.5. The first kappa shape index (κ1) is 17.3. The number of hydrogen-bond acceptors (Lipinski definition) is 5. The molecule has 1 aromatic carbocycles. The van der Waals surface area contributed by atoms with Crippen molar-refractivity contribution in [2.45, 2.75) is 38.3 Å². The van der Waals surface area contributed by atoms with Gasteiger partial charge in [-0.25, -0.2) is 0 Å². The molecule has 2 N–H and O–H groups in total. The van der Waals surface area contributed by atoms with Crippen LogP contribution in [0.1, 0.15) is 31.7 Å². The topological polar surface area (TPSA) is 74.5 Å². The summed E-state index contributed by atoms with van der Waals surface area (Å²) >= 11 is 0. The van der Waals surface area contributed by atoms with Gasteiger partial charge in [0.05, 0.1) is 26.4 Å². The number of aliphatic hydroxyl groups excluding tert-OH is 1. The fraction of sp³-hybridized carbons (Fsp3) is 0.562. The Kier molecular flexibility index (Phi) is 7.00. The van der Waals surface area contributed by atoms with E-state index < -0.39 is 5.54 Å². The summed E-state index contributed by atoms with van der Waals surface area (Å²) in [6, 6.07) is 7.68. The number of nitriles is 1. The van der Waals surface area contributed by atoms with Gasteiger partial charge in [0.2, 0.25) is 0 Å². The second-order valence-electron chi connectivity index (χ2n) is 4.89. The molecule has 0 aliphatic heterocycles. The smallest absolute Gasteiger partial charge is 0.161 e. The highest BCUT2D eigenvalue weighted by Gasteiger charge is 2.24. The number of benzene rings is 1. The van der Waals surface area contributed by atoms with Gasteiger partial charge < -0.3 is 19.9 Å².